The predicted octanol–water partition coefficient (Wildman–Crippen LogP) is 4.90. The third-order valence-electron chi connectivity index (χ3n) is 5.04. The normalized spacial score (nSPS) is 15.2. The summed E-state index contributed by atoms with van der Waals surface area (Å²) < 4.78 is 5.27. The monoisotopic (exact) mass is 445 g/mol. The minimum Gasteiger partial charge on any atom is -0.451 e. The van der Waals surface area contributed by atoms with Crippen molar-refractivity contribution in [3.05, 3.63) is 90.5 Å². The molecule has 7 heteroatoms. The summed E-state index contributed by atoms with van der Waals surface area (Å²) in [6.07, 6.45) is 2.36. The highest BCUT2D eigenvalue weighted by Crippen LogP contribution is 2.35. The van der Waals surface area contributed by atoms with Gasteiger partial charge in [-0.1, -0.05) is 54.6 Å². The number of benzene rings is 3. The summed E-state index contributed by atoms with van der Waals surface area (Å²) in [6, 6.07) is 27.0. The zero-order valence-electron chi connectivity index (χ0n) is 17.6. The maximum atomic E-state index is 12.7. The third kappa shape index (κ3) is 5.18. The standard InChI is InChI=1S/C25H23N3O3S/c1-32-21-14-8-11-19(15-21)26-24(29)17-31-25(30)22-16-23(18-9-4-2-5-10-18)28(27-22)20-12-6-3-7-13-20/h2-15,23H,16-17H2,1H3,(H,26,29). The van der Waals surface area contributed by atoms with Crippen molar-refractivity contribution in [1.82, 2.24) is 0 Å². The molecule has 0 radical (unpaired) electrons. The molecule has 1 amide bonds. The van der Waals surface area contributed by atoms with Crippen molar-refractivity contribution in [2.24, 2.45) is 5.10 Å². The summed E-state index contributed by atoms with van der Waals surface area (Å²) in [5.41, 5.74) is 2.89. The van der Waals surface area contributed by atoms with E-state index in [9.17, 15) is 9.59 Å². The molecule has 0 saturated carbocycles. The van der Waals surface area contributed by atoms with Crippen LogP contribution in [0.2, 0.25) is 0 Å². The van der Waals surface area contributed by atoms with Gasteiger partial charge in [0.2, 0.25) is 0 Å². The fraction of sp³-hybridized carbons (Fsp3) is 0.160. The molecular formula is C25H23N3O3S. The number of para-hydroxylation sites is 1. The molecule has 1 N–H and O–H groups in total. The van der Waals surface area contributed by atoms with Crippen molar-refractivity contribution in [2.45, 2.75) is 17.4 Å². The Hall–Kier alpha value is -3.58. The molecule has 1 unspecified atom stereocenters. The van der Waals surface area contributed by atoms with Crippen molar-refractivity contribution in [2.75, 3.05) is 23.2 Å². The van der Waals surface area contributed by atoms with E-state index >= 15 is 0 Å². The SMILES string of the molecule is CSc1cccc(NC(=O)COC(=O)C2=NN(c3ccccc3)C(c3ccccc3)C2)c1. The molecule has 1 atom stereocenters. The molecule has 0 spiro atoms. The Balaban J connectivity index is 1.43. The predicted molar refractivity (Wildman–Crippen MR) is 128 cm³/mol. The van der Waals surface area contributed by atoms with Crippen LogP contribution in [0, 0.1) is 0 Å². The van der Waals surface area contributed by atoms with E-state index in [4.69, 9.17) is 4.74 Å². The number of carbonyl (C=O) groups is 2. The van der Waals surface area contributed by atoms with Crippen LogP contribution in [-0.2, 0) is 14.3 Å². The lowest BCUT2D eigenvalue weighted by Crippen LogP contribution is -2.24. The Labute approximate surface area is 191 Å². The molecule has 32 heavy (non-hydrogen) atoms. The number of rotatable bonds is 7. The fourth-order valence-electron chi connectivity index (χ4n) is 3.50. The van der Waals surface area contributed by atoms with Crippen LogP contribution in [0.4, 0.5) is 11.4 Å². The van der Waals surface area contributed by atoms with E-state index in [1.807, 2.05) is 90.1 Å². The highest BCUT2D eigenvalue weighted by atomic mass is 32.2. The lowest BCUT2D eigenvalue weighted by Gasteiger charge is -2.23. The fourth-order valence-corrected chi connectivity index (χ4v) is 3.96. The number of amides is 1. The Kier molecular flexibility index (Phi) is 6.87. The number of nitrogens with one attached hydrogen (secondary N) is 1. The van der Waals surface area contributed by atoms with Gasteiger partial charge in [0.15, 0.2) is 6.61 Å². The van der Waals surface area contributed by atoms with Gasteiger partial charge < -0.3 is 10.1 Å². The zero-order chi connectivity index (χ0) is 22.3. The molecule has 0 aliphatic carbocycles. The minimum atomic E-state index is -0.586. The molecule has 4 rings (SSSR count). The smallest absolute Gasteiger partial charge is 0.355 e. The molecule has 1 aliphatic rings. The summed E-state index contributed by atoms with van der Waals surface area (Å²) >= 11 is 1.58. The van der Waals surface area contributed by atoms with Crippen molar-refractivity contribution in [1.29, 1.82) is 0 Å². The largest absolute Gasteiger partial charge is 0.451 e. The van der Waals surface area contributed by atoms with Gasteiger partial charge >= 0.3 is 5.97 Å². The Bertz CT molecular complexity index is 1120. The Morgan fingerprint density at radius 1 is 1.03 bits per heavy atom. The molecule has 6 nitrogen and oxygen atoms in total. The quantitative estimate of drug-likeness (QED) is 0.414. The van der Waals surface area contributed by atoms with E-state index in [0.717, 1.165) is 16.1 Å². The Morgan fingerprint density at radius 2 is 1.75 bits per heavy atom. The second-order valence-electron chi connectivity index (χ2n) is 7.21. The topological polar surface area (TPSA) is 71.0 Å². The number of hydrogen-bond donors (Lipinski definition) is 1. The van der Waals surface area contributed by atoms with Crippen LogP contribution in [0.1, 0.15) is 18.0 Å². The molecule has 162 valence electrons. The maximum Gasteiger partial charge on any atom is 0.355 e. The molecule has 0 aromatic heterocycles. The first-order valence-electron chi connectivity index (χ1n) is 10.2. The summed E-state index contributed by atoms with van der Waals surface area (Å²) in [6.45, 7) is -0.372. The van der Waals surface area contributed by atoms with Crippen LogP contribution >= 0.6 is 11.8 Å². The second kappa shape index (κ2) is 10.2. The van der Waals surface area contributed by atoms with Gasteiger partial charge in [-0.05, 0) is 42.2 Å². The van der Waals surface area contributed by atoms with Crippen molar-refractivity contribution >= 4 is 40.7 Å². The number of nitrogens with zero attached hydrogens (tertiary/aromatic N) is 2. The molecule has 1 heterocycles. The van der Waals surface area contributed by atoms with E-state index in [1.54, 1.807) is 17.8 Å². The van der Waals surface area contributed by atoms with Gasteiger partial charge in [0.1, 0.15) is 5.71 Å². The number of esters is 1. The maximum absolute atomic E-state index is 12.7. The summed E-state index contributed by atoms with van der Waals surface area (Å²) in [7, 11) is 0. The average Bonchev–Trinajstić information content (AvgIpc) is 3.29. The number of anilines is 2. The average molecular weight is 446 g/mol. The lowest BCUT2D eigenvalue weighted by atomic mass is 10.0. The van der Waals surface area contributed by atoms with Crippen LogP contribution in [0.3, 0.4) is 0 Å². The van der Waals surface area contributed by atoms with Gasteiger partial charge in [-0.3, -0.25) is 9.80 Å². The van der Waals surface area contributed by atoms with Crippen molar-refractivity contribution in [3.8, 4) is 0 Å². The highest BCUT2D eigenvalue weighted by Gasteiger charge is 2.33. The van der Waals surface area contributed by atoms with Gasteiger partial charge in [0, 0.05) is 17.0 Å². The summed E-state index contributed by atoms with van der Waals surface area (Å²) in [5.74, 6) is -0.980. The van der Waals surface area contributed by atoms with Crippen LogP contribution < -0.4 is 10.3 Å². The zero-order valence-corrected chi connectivity index (χ0v) is 18.4. The second-order valence-corrected chi connectivity index (χ2v) is 8.09. The van der Waals surface area contributed by atoms with Crippen LogP contribution in [0.15, 0.2) is 94.9 Å². The number of hydrazone groups is 1. The van der Waals surface area contributed by atoms with E-state index in [1.165, 1.54) is 0 Å². The summed E-state index contributed by atoms with van der Waals surface area (Å²) in [4.78, 5) is 26.0. The first-order chi connectivity index (χ1) is 15.6. The summed E-state index contributed by atoms with van der Waals surface area (Å²) in [5, 5.41) is 9.13. The van der Waals surface area contributed by atoms with E-state index in [-0.39, 0.29) is 12.6 Å². The molecular weight excluding hydrogens is 422 g/mol. The number of hydrogen-bond acceptors (Lipinski definition) is 6. The van der Waals surface area contributed by atoms with Gasteiger partial charge in [-0.15, -0.1) is 11.8 Å². The van der Waals surface area contributed by atoms with Crippen LogP contribution in [0.5, 0.6) is 0 Å². The van der Waals surface area contributed by atoms with Gasteiger partial charge in [0.25, 0.3) is 5.91 Å². The van der Waals surface area contributed by atoms with Crippen molar-refractivity contribution in [3.63, 3.8) is 0 Å². The van der Waals surface area contributed by atoms with E-state index in [0.29, 0.717) is 17.8 Å². The minimum absolute atomic E-state index is 0.121. The van der Waals surface area contributed by atoms with Gasteiger partial charge in [0.05, 0.1) is 11.7 Å². The van der Waals surface area contributed by atoms with Crippen LogP contribution in [0.25, 0.3) is 0 Å². The van der Waals surface area contributed by atoms with Crippen molar-refractivity contribution < 1.29 is 14.3 Å². The molecule has 3 aromatic carbocycles. The molecule has 0 saturated heterocycles. The number of carbonyl (C=O) groups excluding carboxylic acids is 2. The van der Waals surface area contributed by atoms with Gasteiger partial charge in [-0.2, -0.15) is 5.10 Å². The van der Waals surface area contributed by atoms with E-state index in [2.05, 4.69) is 10.4 Å². The Morgan fingerprint density at radius 3 is 2.47 bits per heavy atom. The lowest BCUT2D eigenvalue weighted by molar-refractivity contribution is -0.140. The molecule has 0 fully saturated rings. The highest BCUT2D eigenvalue weighted by molar-refractivity contribution is 7.98. The molecule has 1 aliphatic heterocycles. The molecule has 0 bridgehead atoms. The first kappa shape index (κ1) is 21.6. The van der Waals surface area contributed by atoms with Crippen LogP contribution in [-0.4, -0.2) is 30.5 Å². The third-order valence-corrected chi connectivity index (χ3v) is 5.76. The number of ether oxygens (including phenoxy) is 1. The van der Waals surface area contributed by atoms with E-state index < -0.39 is 11.9 Å². The first-order valence-corrected chi connectivity index (χ1v) is 11.4. The van der Waals surface area contributed by atoms with Gasteiger partial charge in [-0.25, -0.2) is 4.79 Å². The molecule has 3 aromatic rings. The number of thioether (sulfide) groups is 1.